The van der Waals surface area contributed by atoms with Crippen molar-refractivity contribution in [1.29, 1.82) is 0 Å². The molecule has 1 rings (SSSR count). The first-order valence-corrected chi connectivity index (χ1v) is 8.90. The van der Waals surface area contributed by atoms with E-state index in [2.05, 4.69) is 41.6 Å². The minimum Gasteiger partial charge on any atom is -0.301 e. The summed E-state index contributed by atoms with van der Waals surface area (Å²) in [6.45, 7) is 8.92. The van der Waals surface area contributed by atoms with Gasteiger partial charge in [-0.05, 0) is 51.4 Å². The van der Waals surface area contributed by atoms with Crippen molar-refractivity contribution in [2.75, 3.05) is 13.1 Å². The zero-order valence-corrected chi connectivity index (χ0v) is 15.2. The van der Waals surface area contributed by atoms with Crippen LogP contribution in [-0.4, -0.2) is 29.8 Å². The van der Waals surface area contributed by atoms with E-state index in [1.807, 2.05) is 24.3 Å². The van der Waals surface area contributed by atoms with Crippen LogP contribution in [0.3, 0.4) is 0 Å². The molecule has 0 aliphatic carbocycles. The average molecular weight is 354 g/mol. The summed E-state index contributed by atoms with van der Waals surface area (Å²) in [5.41, 5.74) is 0.821. The van der Waals surface area contributed by atoms with Gasteiger partial charge in [-0.2, -0.15) is 0 Å². The molecule has 3 heteroatoms. The second kappa shape index (κ2) is 10.1. The summed E-state index contributed by atoms with van der Waals surface area (Å²) in [6.07, 6.45) is 5.23. The van der Waals surface area contributed by atoms with Gasteiger partial charge in [-0.1, -0.05) is 48.3 Å². The number of Topliss-reactive ketones (excluding diaryl/α,β-unsaturated/α-hetero) is 1. The first kappa shape index (κ1) is 18.4. The highest BCUT2D eigenvalue weighted by Crippen LogP contribution is 2.13. The van der Waals surface area contributed by atoms with E-state index >= 15 is 0 Å². The van der Waals surface area contributed by atoms with E-state index in [9.17, 15) is 4.79 Å². The van der Waals surface area contributed by atoms with Crippen LogP contribution in [-0.2, 0) is 0 Å². The number of nitrogens with zero attached hydrogens (tertiary/aromatic N) is 1. The highest BCUT2D eigenvalue weighted by molar-refractivity contribution is 9.10. The van der Waals surface area contributed by atoms with E-state index in [-0.39, 0.29) is 5.78 Å². The lowest BCUT2D eigenvalue weighted by Crippen LogP contribution is -2.34. The summed E-state index contributed by atoms with van der Waals surface area (Å²) in [6, 6.07) is 8.27. The van der Waals surface area contributed by atoms with E-state index in [1.165, 1.54) is 19.3 Å². The summed E-state index contributed by atoms with van der Waals surface area (Å²) >= 11 is 3.40. The number of hydrogen-bond donors (Lipinski definition) is 0. The number of unbranched alkanes of at least 4 members (excludes halogenated alkanes) is 1. The molecule has 1 atom stereocenters. The minimum absolute atomic E-state index is 0.252. The molecule has 0 amide bonds. The molecule has 0 bridgehead atoms. The molecule has 0 aliphatic rings. The molecule has 0 spiro atoms. The zero-order chi connectivity index (χ0) is 15.7. The van der Waals surface area contributed by atoms with Crippen LogP contribution < -0.4 is 0 Å². The lowest BCUT2D eigenvalue weighted by atomic mass is 10.1. The third-order valence-electron chi connectivity index (χ3n) is 4.03. The maximum absolute atomic E-state index is 12.2. The van der Waals surface area contributed by atoms with Gasteiger partial charge in [0.05, 0.1) is 0 Å². The Morgan fingerprint density at radius 3 is 2.33 bits per heavy atom. The number of rotatable bonds is 10. The molecule has 0 heterocycles. The van der Waals surface area contributed by atoms with Crippen LogP contribution in [0.25, 0.3) is 0 Å². The Morgan fingerprint density at radius 2 is 1.76 bits per heavy atom. The van der Waals surface area contributed by atoms with Crippen LogP contribution >= 0.6 is 15.9 Å². The van der Waals surface area contributed by atoms with Gasteiger partial charge < -0.3 is 4.90 Å². The molecule has 1 aromatic carbocycles. The zero-order valence-electron chi connectivity index (χ0n) is 13.6. The Kier molecular flexibility index (Phi) is 8.86. The summed E-state index contributed by atoms with van der Waals surface area (Å²) in [5, 5.41) is 0. The largest absolute Gasteiger partial charge is 0.301 e. The highest BCUT2D eigenvalue weighted by atomic mass is 79.9. The molecule has 0 saturated carbocycles. The lowest BCUT2D eigenvalue weighted by molar-refractivity contribution is 0.0970. The molecule has 118 valence electrons. The predicted octanol–water partition coefficient (Wildman–Crippen LogP) is 5.31. The molecule has 2 nitrogen and oxygen atoms in total. The first-order chi connectivity index (χ1) is 10.1. The topological polar surface area (TPSA) is 20.3 Å². The van der Waals surface area contributed by atoms with Gasteiger partial charge >= 0.3 is 0 Å². The van der Waals surface area contributed by atoms with E-state index in [0.717, 1.165) is 29.5 Å². The van der Waals surface area contributed by atoms with Crippen LogP contribution in [0, 0.1) is 0 Å². The van der Waals surface area contributed by atoms with Gasteiger partial charge in [-0.15, -0.1) is 0 Å². The highest BCUT2D eigenvalue weighted by Gasteiger charge is 2.12. The fourth-order valence-corrected chi connectivity index (χ4v) is 2.66. The molecule has 0 N–H and O–H groups in total. The molecule has 21 heavy (non-hydrogen) atoms. The molecule has 0 aromatic heterocycles. The Hall–Kier alpha value is -0.670. The van der Waals surface area contributed by atoms with Gasteiger partial charge in [0, 0.05) is 22.5 Å². The second-order valence-corrected chi connectivity index (χ2v) is 6.60. The van der Waals surface area contributed by atoms with E-state index < -0.39 is 0 Å². The van der Waals surface area contributed by atoms with Crippen LogP contribution in [0.2, 0.25) is 0 Å². The Bertz CT molecular complexity index is 416. The number of halogens is 1. The number of hydrogen-bond acceptors (Lipinski definition) is 2. The van der Waals surface area contributed by atoms with Gasteiger partial charge in [0.1, 0.15) is 0 Å². The standard InChI is InChI=1S/C18H28BrNO/c1-4-6-13-20(15(3)5-2)14-7-8-18(21)16-9-11-17(19)12-10-16/h9-12,15H,4-8,13-14H2,1-3H3. The third-order valence-corrected chi connectivity index (χ3v) is 4.56. The van der Waals surface area contributed by atoms with Crippen molar-refractivity contribution in [2.24, 2.45) is 0 Å². The van der Waals surface area contributed by atoms with Crippen molar-refractivity contribution in [2.45, 2.75) is 58.9 Å². The van der Waals surface area contributed by atoms with Gasteiger partial charge in [0.15, 0.2) is 5.78 Å². The fourth-order valence-electron chi connectivity index (χ4n) is 2.39. The molecule has 0 fully saturated rings. The van der Waals surface area contributed by atoms with Crippen molar-refractivity contribution in [3.05, 3.63) is 34.3 Å². The smallest absolute Gasteiger partial charge is 0.162 e. The van der Waals surface area contributed by atoms with Crippen LogP contribution in [0.15, 0.2) is 28.7 Å². The summed E-state index contributed by atoms with van der Waals surface area (Å²) in [5.74, 6) is 0.252. The van der Waals surface area contributed by atoms with Crippen molar-refractivity contribution >= 4 is 21.7 Å². The summed E-state index contributed by atoms with van der Waals surface area (Å²) in [4.78, 5) is 14.7. The van der Waals surface area contributed by atoms with Crippen LogP contribution in [0.4, 0.5) is 0 Å². The first-order valence-electron chi connectivity index (χ1n) is 8.11. The molecule has 1 unspecified atom stereocenters. The Morgan fingerprint density at radius 1 is 1.14 bits per heavy atom. The summed E-state index contributed by atoms with van der Waals surface area (Å²) < 4.78 is 1.02. The van der Waals surface area contributed by atoms with Crippen molar-refractivity contribution in [1.82, 2.24) is 4.90 Å². The van der Waals surface area contributed by atoms with Gasteiger partial charge in [-0.25, -0.2) is 0 Å². The molecule has 0 saturated heterocycles. The third kappa shape index (κ3) is 6.75. The monoisotopic (exact) mass is 353 g/mol. The van der Waals surface area contributed by atoms with E-state index in [1.54, 1.807) is 0 Å². The van der Waals surface area contributed by atoms with Crippen molar-refractivity contribution in [3.8, 4) is 0 Å². The Balaban J connectivity index is 2.41. The molecule has 1 aromatic rings. The van der Waals surface area contributed by atoms with Gasteiger partial charge in [-0.3, -0.25) is 4.79 Å². The van der Waals surface area contributed by atoms with E-state index in [0.29, 0.717) is 12.5 Å². The SMILES string of the molecule is CCCCN(CCCC(=O)c1ccc(Br)cc1)C(C)CC. The molecular formula is C18H28BrNO. The normalized spacial score (nSPS) is 12.6. The summed E-state index contributed by atoms with van der Waals surface area (Å²) in [7, 11) is 0. The number of carbonyl (C=O) groups is 1. The predicted molar refractivity (Wildman–Crippen MR) is 93.9 cm³/mol. The molecular weight excluding hydrogens is 326 g/mol. The fraction of sp³-hybridized carbons (Fsp3) is 0.611. The van der Waals surface area contributed by atoms with Gasteiger partial charge in [0.25, 0.3) is 0 Å². The lowest BCUT2D eigenvalue weighted by Gasteiger charge is -2.28. The number of benzene rings is 1. The molecule has 0 radical (unpaired) electrons. The maximum Gasteiger partial charge on any atom is 0.162 e. The minimum atomic E-state index is 0.252. The average Bonchev–Trinajstić information content (AvgIpc) is 2.50. The van der Waals surface area contributed by atoms with Crippen molar-refractivity contribution < 1.29 is 4.79 Å². The molecule has 0 aliphatic heterocycles. The van der Waals surface area contributed by atoms with E-state index in [4.69, 9.17) is 0 Å². The van der Waals surface area contributed by atoms with Gasteiger partial charge in [0.2, 0.25) is 0 Å². The second-order valence-electron chi connectivity index (χ2n) is 5.68. The quantitative estimate of drug-likeness (QED) is 0.531. The Labute approximate surface area is 138 Å². The van der Waals surface area contributed by atoms with Crippen LogP contribution in [0.5, 0.6) is 0 Å². The number of ketones is 1. The maximum atomic E-state index is 12.2. The number of carbonyl (C=O) groups excluding carboxylic acids is 1. The van der Waals surface area contributed by atoms with Crippen LogP contribution in [0.1, 0.15) is 63.2 Å². The van der Waals surface area contributed by atoms with Crippen molar-refractivity contribution in [3.63, 3.8) is 0 Å².